The number of nitrogen functional groups attached to an aromatic ring is 1. The van der Waals surface area contributed by atoms with Crippen molar-refractivity contribution in [2.75, 3.05) is 34.9 Å². The molecule has 1 aliphatic rings. The Hall–Kier alpha value is -0.490. The van der Waals surface area contributed by atoms with E-state index in [-0.39, 0.29) is 0 Å². The molecule has 0 aliphatic carbocycles. The Balaban J connectivity index is 1.95. The highest BCUT2D eigenvalue weighted by atomic mass is 32.2. The van der Waals surface area contributed by atoms with Crippen LogP contribution < -0.4 is 11.1 Å². The van der Waals surface area contributed by atoms with Gasteiger partial charge in [-0.3, -0.25) is 4.68 Å². The van der Waals surface area contributed by atoms with Gasteiger partial charge in [-0.05, 0) is 6.42 Å². The molecule has 1 aromatic rings. The Morgan fingerprint density at radius 2 is 2.35 bits per heavy atom. The van der Waals surface area contributed by atoms with Gasteiger partial charge in [-0.15, -0.1) is 0 Å². The van der Waals surface area contributed by atoms with Gasteiger partial charge in [-0.25, -0.2) is 0 Å². The molecular formula is C11H20N4S2. The zero-order chi connectivity index (χ0) is 12.3. The molecule has 0 bridgehead atoms. The number of nitrogens with two attached hydrogens (primary N) is 1. The van der Waals surface area contributed by atoms with Gasteiger partial charge in [-0.1, -0.05) is 6.92 Å². The first-order valence-corrected chi connectivity index (χ1v) is 8.17. The fourth-order valence-electron chi connectivity index (χ4n) is 1.93. The molecule has 0 saturated carbocycles. The van der Waals surface area contributed by atoms with Gasteiger partial charge < -0.3 is 11.1 Å². The molecule has 1 unspecified atom stereocenters. The molecule has 2 heterocycles. The first-order valence-electron chi connectivity index (χ1n) is 5.97. The molecule has 96 valence electrons. The number of hydrogen-bond donors (Lipinski definition) is 2. The zero-order valence-corrected chi connectivity index (χ0v) is 12.0. The number of rotatable bonds is 4. The fraction of sp³-hybridized carbons (Fsp3) is 0.727. The van der Waals surface area contributed by atoms with Gasteiger partial charge in [0.2, 0.25) is 0 Å². The van der Waals surface area contributed by atoms with E-state index in [0.29, 0.717) is 5.25 Å². The van der Waals surface area contributed by atoms with Crippen LogP contribution in [-0.2, 0) is 13.5 Å². The Morgan fingerprint density at radius 3 is 2.94 bits per heavy atom. The van der Waals surface area contributed by atoms with Crippen molar-refractivity contribution in [3.63, 3.8) is 0 Å². The lowest BCUT2D eigenvalue weighted by Crippen LogP contribution is -2.24. The maximum Gasteiger partial charge on any atom is 0.147 e. The van der Waals surface area contributed by atoms with E-state index in [4.69, 9.17) is 5.73 Å². The van der Waals surface area contributed by atoms with Crippen LogP contribution in [0.25, 0.3) is 0 Å². The van der Waals surface area contributed by atoms with E-state index in [1.54, 1.807) is 0 Å². The molecule has 0 aromatic carbocycles. The van der Waals surface area contributed by atoms with Crippen molar-refractivity contribution >= 4 is 35.0 Å². The Kier molecular flexibility index (Phi) is 4.50. The van der Waals surface area contributed by atoms with E-state index in [2.05, 4.69) is 29.1 Å². The van der Waals surface area contributed by atoms with Crippen LogP contribution in [0.2, 0.25) is 0 Å². The van der Waals surface area contributed by atoms with Gasteiger partial charge in [-0.2, -0.15) is 28.6 Å². The first kappa shape index (κ1) is 13.0. The van der Waals surface area contributed by atoms with Crippen LogP contribution in [0.4, 0.5) is 11.5 Å². The van der Waals surface area contributed by atoms with Crippen molar-refractivity contribution in [1.82, 2.24) is 9.78 Å². The summed E-state index contributed by atoms with van der Waals surface area (Å²) < 4.78 is 1.86. The Bertz CT molecular complexity index is 372. The molecule has 1 fully saturated rings. The molecule has 2 rings (SSSR count). The molecule has 0 spiro atoms. The van der Waals surface area contributed by atoms with E-state index < -0.39 is 0 Å². The lowest BCUT2D eigenvalue weighted by atomic mass is 10.3. The van der Waals surface area contributed by atoms with E-state index in [0.717, 1.165) is 30.2 Å². The highest BCUT2D eigenvalue weighted by molar-refractivity contribution is 8.06. The number of hydrogen-bond acceptors (Lipinski definition) is 5. The summed E-state index contributed by atoms with van der Waals surface area (Å²) in [5, 5.41) is 8.54. The van der Waals surface area contributed by atoms with E-state index in [1.807, 2.05) is 23.5 Å². The molecule has 17 heavy (non-hydrogen) atoms. The standard InChI is InChI=1S/C11H20N4S2/c1-3-9-10(12)11(15(2)14-9)13-6-8-7-16-4-5-17-8/h8,13H,3-7,12H2,1-2H3. The molecule has 4 nitrogen and oxygen atoms in total. The minimum atomic E-state index is 0.688. The van der Waals surface area contributed by atoms with Gasteiger partial charge >= 0.3 is 0 Å². The van der Waals surface area contributed by atoms with Crippen molar-refractivity contribution in [3.05, 3.63) is 5.69 Å². The number of thioether (sulfide) groups is 2. The summed E-state index contributed by atoms with van der Waals surface area (Å²) in [5.74, 6) is 4.75. The average molecular weight is 272 g/mol. The number of aryl methyl sites for hydroxylation is 2. The SMILES string of the molecule is CCc1nn(C)c(NCC2CSCCS2)c1N. The maximum atomic E-state index is 6.07. The van der Waals surface area contributed by atoms with Crippen molar-refractivity contribution < 1.29 is 0 Å². The van der Waals surface area contributed by atoms with Crippen LogP contribution in [-0.4, -0.2) is 38.8 Å². The summed E-state index contributed by atoms with van der Waals surface area (Å²) in [5.41, 5.74) is 7.87. The molecule has 0 amide bonds. The molecule has 0 radical (unpaired) electrons. The number of aromatic nitrogens is 2. The van der Waals surface area contributed by atoms with Crippen molar-refractivity contribution in [3.8, 4) is 0 Å². The van der Waals surface area contributed by atoms with Crippen LogP contribution in [0.1, 0.15) is 12.6 Å². The monoisotopic (exact) mass is 272 g/mol. The third kappa shape index (κ3) is 3.04. The zero-order valence-electron chi connectivity index (χ0n) is 10.4. The lowest BCUT2D eigenvalue weighted by Gasteiger charge is -2.21. The van der Waals surface area contributed by atoms with Crippen molar-refractivity contribution in [2.24, 2.45) is 7.05 Å². The van der Waals surface area contributed by atoms with E-state index in [1.165, 1.54) is 17.3 Å². The predicted molar refractivity (Wildman–Crippen MR) is 79.1 cm³/mol. The summed E-state index contributed by atoms with van der Waals surface area (Å²) in [7, 11) is 1.95. The van der Waals surface area contributed by atoms with Crippen LogP contribution >= 0.6 is 23.5 Å². The van der Waals surface area contributed by atoms with Gasteiger partial charge in [0.15, 0.2) is 0 Å². The second-order valence-corrected chi connectivity index (χ2v) is 6.69. The number of anilines is 2. The summed E-state index contributed by atoms with van der Waals surface area (Å²) in [4.78, 5) is 0. The van der Waals surface area contributed by atoms with Crippen LogP contribution in [0.5, 0.6) is 0 Å². The molecule has 1 aliphatic heterocycles. The largest absolute Gasteiger partial charge is 0.394 e. The van der Waals surface area contributed by atoms with Gasteiger partial charge in [0.1, 0.15) is 5.82 Å². The van der Waals surface area contributed by atoms with Crippen LogP contribution in [0.15, 0.2) is 0 Å². The predicted octanol–water partition coefficient (Wildman–Crippen LogP) is 1.83. The lowest BCUT2D eigenvalue weighted by molar-refractivity contribution is 0.747. The molecule has 1 atom stereocenters. The summed E-state index contributed by atoms with van der Waals surface area (Å²) >= 11 is 4.09. The molecular weight excluding hydrogens is 252 g/mol. The van der Waals surface area contributed by atoms with Gasteiger partial charge in [0.25, 0.3) is 0 Å². The minimum absolute atomic E-state index is 0.688. The molecule has 6 heteroatoms. The van der Waals surface area contributed by atoms with Gasteiger partial charge in [0, 0.05) is 36.1 Å². The second-order valence-electron chi connectivity index (χ2n) is 4.13. The highest BCUT2D eigenvalue weighted by Crippen LogP contribution is 2.26. The normalized spacial score (nSPS) is 20.5. The third-order valence-electron chi connectivity index (χ3n) is 2.88. The van der Waals surface area contributed by atoms with Crippen molar-refractivity contribution in [2.45, 2.75) is 18.6 Å². The quantitative estimate of drug-likeness (QED) is 0.876. The molecule has 3 N–H and O–H groups in total. The smallest absolute Gasteiger partial charge is 0.147 e. The minimum Gasteiger partial charge on any atom is -0.394 e. The van der Waals surface area contributed by atoms with E-state index in [9.17, 15) is 0 Å². The number of nitrogens with zero attached hydrogens (tertiary/aromatic N) is 2. The summed E-state index contributed by atoms with van der Waals surface area (Å²) in [6.45, 7) is 3.06. The van der Waals surface area contributed by atoms with E-state index >= 15 is 0 Å². The average Bonchev–Trinajstić information content (AvgIpc) is 2.63. The number of nitrogens with one attached hydrogen (secondary N) is 1. The van der Waals surface area contributed by atoms with Gasteiger partial charge in [0.05, 0.1) is 11.4 Å². The molecule has 1 saturated heterocycles. The first-order chi connectivity index (χ1) is 8.22. The summed E-state index contributed by atoms with van der Waals surface area (Å²) in [6.07, 6.45) is 0.884. The Labute approximate surface area is 111 Å². The Morgan fingerprint density at radius 1 is 1.53 bits per heavy atom. The second kappa shape index (κ2) is 5.91. The van der Waals surface area contributed by atoms with Crippen molar-refractivity contribution in [1.29, 1.82) is 0 Å². The maximum absolute atomic E-state index is 6.07. The fourth-order valence-corrected chi connectivity index (χ4v) is 4.54. The highest BCUT2D eigenvalue weighted by Gasteiger charge is 2.16. The third-order valence-corrected chi connectivity index (χ3v) is 5.72. The topological polar surface area (TPSA) is 55.9 Å². The molecule has 1 aromatic heterocycles. The van der Waals surface area contributed by atoms with Crippen LogP contribution in [0, 0.1) is 0 Å². The van der Waals surface area contributed by atoms with Crippen LogP contribution in [0.3, 0.4) is 0 Å². The summed E-state index contributed by atoms with van der Waals surface area (Å²) in [6, 6.07) is 0.